The predicted molar refractivity (Wildman–Crippen MR) is 126 cm³/mol. The maximum Gasteiger partial charge on any atom is 0.251 e. The van der Waals surface area contributed by atoms with E-state index in [1.807, 2.05) is 49.4 Å². The summed E-state index contributed by atoms with van der Waals surface area (Å²) < 4.78 is 25.4. The van der Waals surface area contributed by atoms with Crippen LogP contribution in [0.1, 0.15) is 38.7 Å². The van der Waals surface area contributed by atoms with Crippen LogP contribution in [0.3, 0.4) is 0 Å². The lowest BCUT2D eigenvalue weighted by molar-refractivity contribution is 0.0925. The molecule has 6 heteroatoms. The molecule has 1 aliphatic heterocycles. The SMILES string of the molecule is COc1cc2c(cc1OC)[C@H](CNC(=O)c1ccc(C)cc1)N(Cc1ccccc1F)CC2. The van der Waals surface area contributed by atoms with Crippen LogP contribution in [0.4, 0.5) is 4.39 Å². The predicted octanol–water partition coefficient (Wildman–Crippen LogP) is 4.68. The second-order valence-electron chi connectivity index (χ2n) is 8.31. The summed E-state index contributed by atoms with van der Waals surface area (Å²) in [5.74, 6) is 0.964. The molecule has 1 atom stereocenters. The Kier molecular flexibility index (Phi) is 6.94. The Hall–Kier alpha value is -3.38. The number of fused-ring (bicyclic) bond motifs is 1. The number of ether oxygens (including phenoxy) is 2. The van der Waals surface area contributed by atoms with E-state index in [9.17, 15) is 9.18 Å². The van der Waals surface area contributed by atoms with Crippen molar-refractivity contribution in [2.24, 2.45) is 0 Å². The summed E-state index contributed by atoms with van der Waals surface area (Å²) in [5.41, 5.74) is 4.55. The van der Waals surface area contributed by atoms with Gasteiger partial charge in [-0.2, -0.15) is 0 Å². The molecular formula is C27H29FN2O3. The summed E-state index contributed by atoms with van der Waals surface area (Å²) in [4.78, 5) is 15.0. The number of halogens is 1. The Balaban J connectivity index is 1.63. The summed E-state index contributed by atoms with van der Waals surface area (Å²) in [5, 5.41) is 3.08. The summed E-state index contributed by atoms with van der Waals surface area (Å²) in [6.45, 7) is 3.57. The number of benzene rings is 3. The lowest BCUT2D eigenvalue weighted by Gasteiger charge is -2.38. The van der Waals surface area contributed by atoms with Crippen LogP contribution < -0.4 is 14.8 Å². The van der Waals surface area contributed by atoms with E-state index < -0.39 is 0 Å². The number of carbonyl (C=O) groups is 1. The highest BCUT2D eigenvalue weighted by atomic mass is 19.1. The van der Waals surface area contributed by atoms with Crippen molar-refractivity contribution < 1.29 is 18.7 Å². The minimum atomic E-state index is -0.224. The zero-order chi connectivity index (χ0) is 23.4. The molecule has 0 radical (unpaired) electrons. The van der Waals surface area contributed by atoms with Gasteiger partial charge in [0.1, 0.15) is 5.82 Å². The molecule has 1 heterocycles. The van der Waals surface area contributed by atoms with Gasteiger partial charge in [-0.15, -0.1) is 0 Å². The van der Waals surface area contributed by atoms with Crippen molar-refractivity contribution in [1.82, 2.24) is 10.2 Å². The van der Waals surface area contributed by atoms with Gasteiger partial charge in [0.05, 0.1) is 20.3 Å². The highest BCUT2D eigenvalue weighted by Crippen LogP contribution is 2.38. The van der Waals surface area contributed by atoms with E-state index in [4.69, 9.17) is 9.47 Å². The van der Waals surface area contributed by atoms with Gasteiger partial charge in [0.2, 0.25) is 0 Å². The van der Waals surface area contributed by atoms with Gasteiger partial charge in [0.15, 0.2) is 11.5 Å². The molecule has 0 unspecified atom stereocenters. The van der Waals surface area contributed by atoms with Gasteiger partial charge in [-0.1, -0.05) is 35.9 Å². The summed E-state index contributed by atoms with van der Waals surface area (Å²) in [6.07, 6.45) is 0.798. The maximum atomic E-state index is 14.4. The number of nitrogens with zero attached hydrogens (tertiary/aromatic N) is 1. The molecule has 33 heavy (non-hydrogen) atoms. The van der Waals surface area contributed by atoms with Gasteiger partial charge in [0, 0.05) is 30.8 Å². The summed E-state index contributed by atoms with van der Waals surface area (Å²) in [6, 6.07) is 18.2. The number of aryl methyl sites for hydroxylation is 1. The number of amides is 1. The monoisotopic (exact) mass is 448 g/mol. The minimum Gasteiger partial charge on any atom is -0.493 e. The normalized spacial score (nSPS) is 15.6. The Bertz CT molecular complexity index is 1130. The molecule has 1 N–H and O–H groups in total. The van der Waals surface area contributed by atoms with Crippen LogP contribution in [0.15, 0.2) is 60.7 Å². The van der Waals surface area contributed by atoms with E-state index in [2.05, 4.69) is 10.2 Å². The van der Waals surface area contributed by atoms with Gasteiger partial charge < -0.3 is 14.8 Å². The van der Waals surface area contributed by atoms with Gasteiger partial charge >= 0.3 is 0 Å². The molecule has 172 valence electrons. The quantitative estimate of drug-likeness (QED) is 0.570. The van der Waals surface area contributed by atoms with Crippen molar-refractivity contribution in [2.45, 2.75) is 25.9 Å². The highest BCUT2D eigenvalue weighted by molar-refractivity contribution is 5.94. The molecule has 0 saturated heterocycles. The second-order valence-corrected chi connectivity index (χ2v) is 8.31. The van der Waals surface area contributed by atoms with Gasteiger partial charge in [-0.3, -0.25) is 9.69 Å². The molecule has 0 aliphatic carbocycles. The van der Waals surface area contributed by atoms with Crippen LogP contribution in [0.25, 0.3) is 0 Å². The molecule has 0 saturated carbocycles. The lowest BCUT2D eigenvalue weighted by Crippen LogP contribution is -2.42. The third kappa shape index (κ3) is 5.01. The first-order valence-corrected chi connectivity index (χ1v) is 11.1. The van der Waals surface area contributed by atoms with Crippen molar-refractivity contribution in [3.05, 3.63) is 94.3 Å². The zero-order valence-corrected chi connectivity index (χ0v) is 19.2. The van der Waals surface area contributed by atoms with Gasteiger partial charge in [-0.25, -0.2) is 4.39 Å². The van der Waals surface area contributed by atoms with Crippen molar-refractivity contribution >= 4 is 5.91 Å². The third-order valence-corrected chi connectivity index (χ3v) is 6.21. The van der Waals surface area contributed by atoms with Crippen LogP contribution in [0, 0.1) is 12.7 Å². The van der Waals surface area contributed by atoms with Crippen LogP contribution >= 0.6 is 0 Å². The Morgan fingerprint density at radius 3 is 2.45 bits per heavy atom. The standard InChI is InChI=1S/C27H29FN2O3/c1-18-8-10-19(11-9-18)27(31)29-16-24-22-15-26(33-3)25(32-2)14-20(22)12-13-30(24)17-21-6-4-5-7-23(21)28/h4-11,14-15,24H,12-13,16-17H2,1-3H3,(H,29,31)/t24-/m0/s1. The first-order valence-electron chi connectivity index (χ1n) is 11.1. The number of hydrogen-bond donors (Lipinski definition) is 1. The first kappa shape index (κ1) is 22.8. The van der Waals surface area contributed by atoms with E-state index in [1.165, 1.54) is 6.07 Å². The summed E-state index contributed by atoms with van der Waals surface area (Å²) in [7, 11) is 3.23. The van der Waals surface area contributed by atoms with E-state index in [-0.39, 0.29) is 17.8 Å². The molecule has 1 amide bonds. The van der Waals surface area contributed by atoms with E-state index in [0.717, 1.165) is 29.7 Å². The average molecular weight is 449 g/mol. The van der Waals surface area contributed by atoms with Crippen LogP contribution in [-0.4, -0.2) is 38.1 Å². The fourth-order valence-corrected chi connectivity index (χ4v) is 4.35. The topological polar surface area (TPSA) is 50.8 Å². The van der Waals surface area contributed by atoms with Crippen molar-refractivity contribution in [3.63, 3.8) is 0 Å². The van der Waals surface area contributed by atoms with E-state index in [0.29, 0.717) is 35.7 Å². The molecular weight excluding hydrogens is 419 g/mol. The molecule has 4 rings (SSSR count). The van der Waals surface area contributed by atoms with Crippen molar-refractivity contribution in [3.8, 4) is 11.5 Å². The van der Waals surface area contributed by atoms with Gasteiger partial charge in [-0.05, 0) is 54.8 Å². The number of rotatable bonds is 7. The van der Waals surface area contributed by atoms with Crippen molar-refractivity contribution in [1.29, 1.82) is 0 Å². The van der Waals surface area contributed by atoms with Crippen molar-refractivity contribution in [2.75, 3.05) is 27.3 Å². The first-order chi connectivity index (χ1) is 16.0. The zero-order valence-electron chi connectivity index (χ0n) is 19.2. The fourth-order valence-electron chi connectivity index (χ4n) is 4.35. The van der Waals surface area contributed by atoms with Crippen LogP contribution in [0.5, 0.6) is 11.5 Å². The smallest absolute Gasteiger partial charge is 0.251 e. The molecule has 5 nitrogen and oxygen atoms in total. The number of carbonyl (C=O) groups excluding carboxylic acids is 1. The largest absolute Gasteiger partial charge is 0.493 e. The second kappa shape index (κ2) is 10.0. The van der Waals surface area contributed by atoms with Crippen LogP contribution in [-0.2, 0) is 13.0 Å². The van der Waals surface area contributed by atoms with E-state index >= 15 is 0 Å². The molecule has 0 bridgehead atoms. The number of nitrogens with one attached hydrogen (secondary N) is 1. The highest BCUT2D eigenvalue weighted by Gasteiger charge is 2.30. The Labute approximate surface area is 194 Å². The molecule has 0 aromatic heterocycles. The molecule has 3 aromatic carbocycles. The number of hydrogen-bond acceptors (Lipinski definition) is 4. The van der Waals surface area contributed by atoms with Gasteiger partial charge in [0.25, 0.3) is 5.91 Å². The fraction of sp³-hybridized carbons (Fsp3) is 0.296. The number of methoxy groups -OCH3 is 2. The maximum absolute atomic E-state index is 14.4. The Morgan fingerprint density at radius 2 is 1.76 bits per heavy atom. The Morgan fingerprint density at radius 1 is 1.06 bits per heavy atom. The molecule has 0 fully saturated rings. The van der Waals surface area contributed by atoms with Crippen LogP contribution in [0.2, 0.25) is 0 Å². The lowest BCUT2D eigenvalue weighted by atomic mass is 9.91. The minimum absolute atomic E-state index is 0.131. The molecule has 0 spiro atoms. The third-order valence-electron chi connectivity index (χ3n) is 6.21. The summed E-state index contributed by atoms with van der Waals surface area (Å²) >= 11 is 0. The average Bonchev–Trinajstić information content (AvgIpc) is 2.84. The molecule has 3 aromatic rings. The molecule has 1 aliphatic rings. The van der Waals surface area contributed by atoms with E-state index in [1.54, 1.807) is 26.4 Å².